The lowest BCUT2D eigenvalue weighted by Crippen LogP contribution is -2.54. The van der Waals surface area contributed by atoms with Gasteiger partial charge in [0, 0.05) is 0 Å². The van der Waals surface area contributed by atoms with E-state index in [1.54, 1.807) is 32.5 Å². The van der Waals surface area contributed by atoms with Gasteiger partial charge in [-0.3, -0.25) is 4.79 Å². The van der Waals surface area contributed by atoms with Gasteiger partial charge >= 0.3 is 12.1 Å². The van der Waals surface area contributed by atoms with Crippen LogP contribution < -0.4 is 10.6 Å². The van der Waals surface area contributed by atoms with Crippen LogP contribution in [0, 0.1) is 5.92 Å². The SMILES string of the molecule is CSCC[C@@H](NC(=O)OCc1ccccc1)C(=O)N[C@H](C(=O)OC(C)(C)C)C(C)C. The highest BCUT2D eigenvalue weighted by Gasteiger charge is 2.32. The number of rotatable bonds is 10. The average molecular weight is 439 g/mol. The van der Waals surface area contributed by atoms with Crippen LogP contribution in [0.2, 0.25) is 0 Å². The molecular weight excluding hydrogens is 404 g/mol. The van der Waals surface area contributed by atoms with Crippen molar-refractivity contribution >= 4 is 29.7 Å². The molecule has 0 saturated carbocycles. The summed E-state index contributed by atoms with van der Waals surface area (Å²) < 4.78 is 10.6. The van der Waals surface area contributed by atoms with E-state index < -0.39 is 35.7 Å². The molecule has 0 bridgehead atoms. The van der Waals surface area contributed by atoms with E-state index >= 15 is 0 Å². The van der Waals surface area contributed by atoms with Gasteiger partial charge in [0.15, 0.2) is 0 Å². The van der Waals surface area contributed by atoms with Crippen molar-refractivity contribution < 1.29 is 23.9 Å². The van der Waals surface area contributed by atoms with E-state index in [1.807, 2.05) is 50.4 Å². The van der Waals surface area contributed by atoms with Gasteiger partial charge in [-0.05, 0) is 50.7 Å². The number of carbonyl (C=O) groups excluding carboxylic acids is 3. The Morgan fingerprint density at radius 2 is 1.70 bits per heavy atom. The maximum Gasteiger partial charge on any atom is 0.408 e. The predicted molar refractivity (Wildman–Crippen MR) is 119 cm³/mol. The molecule has 1 aromatic carbocycles. The third kappa shape index (κ3) is 10.0. The van der Waals surface area contributed by atoms with Crippen LogP contribution in [-0.2, 0) is 25.7 Å². The van der Waals surface area contributed by atoms with Gasteiger partial charge in [-0.15, -0.1) is 0 Å². The van der Waals surface area contributed by atoms with E-state index in [4.69, 9.17) is 9.47 Å². The third-order valence-electron chi connectivity index (χ3n) is 4.06. The van der Waals surface area contributed by atoms with Crippen molar-refractivity contribution in [2.45, 2.75) is 65.3 Å². The fraction of sp³-hybridized carbons (Fsp3) is 0.591. The molecule has 0 saturated heterocycles. The molecule has 0 heterocycles. The fourth-order valence-electron chi connectivity index (χ4n) is 2.53. The Morgan fingerprint density at radius 3 is 2.23 bits per heavy atom. The number of benzene rings is 1. The first-order chi connectivity index (χ1) is 14.0. The molecule has 1 rings (SSSR count). The van der Waals surface area contributed by atoms with Gasteiger partial charge in [0.1, 0.15) is 24.3 Å². The van der Waals surface area contributed by atoms with Crippen molar-refractivity contribution in [1.29, 1.82) is 0 Å². The van der Waals surface area contributed by atoms with Crippen molar-refractivity contribution in [3.63, 3.8) is 0 Å². The third-order valence-corrected chi connectivity index (χ3v) is 4.70. The maximum absolute atomic E-state index is 12.8. The van der Waals surface area contributed by atoms with Gasteiger partial charge in [0.25, 0.3) is 0 Å². The lowest BCUT2D eigenvalue weighted by molar-refractivity contribution is -0.160. The van der Waals surface area contributed by atoms with Crippen LogP contribution in [-0.4, -0.2) is 47.7 Å². The summed E-state index contributed by atoms with van der Waals surface area (Å²) in [5.74, 6) is -0.447. The largest absolute Gasteiger partial charge is 0.458 e. The zero-order valence-electron chi connectivity index (χ0n) is 18.7. The van der Waals surface area contributed by atoms with Crippen LogP contribution >= 0.6 is 11.8 Å². The second kappa shape index (κ2) is 12.5. The summed E-state index contributed by atoms with van der Waals surface area (Å²) in [5.41, 5.74) is 0.190. The average Bonchev–Trinajstić information content (AvgIpc) is 2.66. The van der Waals surface area contributed by atoms with E-state index in [9.17, 15) is 14.4 Å². The molecule has 0 aliphatic rings. The summed E-state index contributed by atoms with van der Waals surface area (Å²) in [6.07, 6.45) is 1.64. The number of ether oxygens (including phenoxy) is 2. The molecular formula is C22H34N2O5S. The Morgan fingerprint density at radius 1 is 1.07 bits per heavy atom. The molecule has 0 aromatic heterocycles. The fourth-order valence-corrected chi connectivity index (χ4v) is 3.00. The van der Waals surface area contributed by atoms with Crippen molar-refractivity contribution in [1.82, 2.24) is 10.6 Å². The van der Waals surface area contributed by atoms with Gasteiger partial charge in [-0.1, -0.05) is 44.2 Å². The Kier molecular flexibility index (Phi) is 10.7. The maximum atomic E-state index is 12.8. The number of amides is 2. The normalized spacial score (nSPS) is 13.3. The Labute approximate surface area is 183 Å². The molecule has 0 unspecified atom stereocenters. The highest BCUT2D eigenvalue weighted by molar-refractivity contribution is 7.98. The summed E-state index contributed by atoms with van der Waals surface area (Å²) >= 11 is 1.56. The molecule has 30 heavy (non-hydrogen) atoms. The molecule has 2 N–H and O–H groups in total. The van der Waals surface area contributed by atoms with Gasteiger partial charge in [0.05, 0.1) is 0 Å². The number of hydrogen-bond donors (Lipinski definition) is 2. The first-order valence-corrected chi connectivity index (χ1v) is 11.4. The molecule has 1 aromatic rings. The van der Waals surface area contributed by atoms with E-state index in [-0.39, 0.29) is 12.5 Å². The number of nitrogens with one attached hydrogen (secondary N) is 2. The molecule has 2 atom stereocenters. The van der Waals surface area contributed by atoms with Crippen LogP contribution in [0.3, 0.4) is 0 Å². The van der Waals surface area contributed by atoms with E-state index in [0.717, 1.165) is 5.56 Å². The first kappa shape index (κ1) is 25.8. The number of hydrogen-bond acceptors (Lipinski definition) is 6. The minimum absolute atomic E-state index is 0.107. The van der Waals surface area contributed by atoms with Crippen LogP contribution in [0.15, 0.2) is 30.3 Å². The highest BCUT2D eigenvalue weighted by atomic mass is 32.2. The number of alkyl carbamates (subject to hydrolysis) is 1. The summed E-state index contributed by atoms with van der Waals surface area (Å²) in [4.78, 5) is 37.6. The first-order valence-electron chi connectivity index (χ1n) is 10.0. The standard InChI is InChI=1S/C22H34N2O5S/c1-15(2)18(20(26)29-22(3,4)5)24-19(25)17(12-13-30-6)23-21(27)28-14-16-10-8-7-9-11-16/h7-11,15,17-18H,12-14H2,1-6H3,(H,23,27)(H,24,25)/t17-,18+/m1/s1. The Hall–Kier alpha value is -2.22. The molecule has 8 heteroatoms. The van der Waals surface area contributed by atoms with Crippen molar-refractivity contribution in [3.8, 4) is 0 Å². The van der Waals surface area contributed by atoms with Crippen molar-refractivity contribution in [2.24, 2.45) is 5.92 Å². The smallest absolute Gasteiger partial charge is 0.408 e. The van der Waals surface area contributed by atoms with Crippen LogP contribution in [0.5, 0.6) is 0 Å². The predicted octanol–water partition coefficient (Wildman–Crippen LogP) is 3.52. The van der Waals surface area contributed by atoms with Crippen LogP contribution in [0.4, 0.5) is 4.79 Å². The summed E-state index contributed by atoms with van der Waals surface area (Å²) in [6.45, 7) is 9.08. The van der Waals surface area contributed by atoms with E-state index in [2.05, 4.69) is 10.6 Å². The quantitative estimate of drug-likeness (QED) is 0.543. The van der Waals surface area contributed by atoms with Gasteiger partial charge in [-0.2, -0.15) is 11.8 Å². The lowest BCUT2D eigenvalue weighted by atomic mass is 10.0. The zero-order chi connectivity index (χ0) is 22.7. The van der Waals surface area contributed by atoms with Gasteiger partial charge < -0.3 is 20.1 Å². The summed E-state index contributed by atoms with van der Waals surface area (Å²) in [6, 6.07) is 7.66. The Balaban J connectivity index is 2.75. The minimum Gasteiger partial charge on any atom is -0.458 e. The molecule has 2 amide bonds. The molecule has 0 fully saturated rings. The molecule has 7 nitrogen and oxygen atoms in total. The zero-order valence-corrected chi connectivity index (χ0v) is 19.5. The second-order valence-electron chi connectivity index (χ2n) is 8.30. The molecule has 0 spiro atoms. The molecule has 0 radical (unpaired) electrons. The van der Waals surface area contributed by atoms with Gasteiger partial charge in [0.2, 0.25) is 5.91 Å². The summed E-state index contributed by atoms with van der Waals surface area (Å²) in [7, 11) is 0. The van der Waals surface area contributed by atoms with Crippen molar-refractivity contribution in [3.05, 3.63) is 35.9 Å². The van der Waals surface area contributed by atoms with E-state index in [0.29, 0.717) is 12.2 Å². The molecule has 0 aliphatic heterocycles. The number of carbonyl (C=O) groups is 3. The minimum atomic E-state index is -0.815. The van der Waals surface area contributed by atoms with E-state index in [1.165, 1.54) is 0 Å². The Bertz CT molecular complexity index is 689. The van der Waals surface area contributed by atoms with Crippen LogP contribution in [0.25, 0.3) is 0 Å². The highest BCUT2D eigenvalue weighted by Crippen LogP contribution is 2.13. The monoisotopic (exact) mass is 438 g/mol. The summed E-state index contributed by atoms with van der Waals surface area (Å²) in [5, 5.41) is 5.35. The lowest BCUT2D eigenvalue weighted by Gasteiger charge is -2.28. The van der Waals surface area contributed by atoms with Crippen LogP contribution in [0.1, 0.15) is 46.6 Å². The topological polar surface area (TPSA) is 93.7 Å². The van der Waals surface area contributed by atoms with Crippen molar-refractivity contribution in [2.75, 3.05) is 12.0 Å². The second-order valence-corrected chi connectivity index (χ2v) is 9.29. The van der Waals surface area contributed by atoms with Gasteiger partial charge in [-0.25, -0.2) is 9.59 Å². The molecule has 168 valence electrons. The number of thioether (sulfide) groups is 1. The number of esters is 1. The molecule has 0 aliphatic carbocycles.